The van der Waals surface area contributed by atoms with Crippen molar-refractivity contribution in [3.05, 3.63) is 87.4 Å². The number of pyridine rings is 1. The van der Waals surface area contributed by atoms with Gasteiger partial charge in [-0.3, -0.25) is 4.79 Å². The van der Waals surface area contributed by atoms with Gasteiger partial charge in [0.1, 0.15) is 5.82 Å². The summed E-state index contributed by atoms with van der Waals surface area (Å²) in [5, 5.41) is 8.67. The molecule has 2 aromatic carbocycles. The molecule has 29 heavy (non-hydrogen) atoms. The van der Waals surface area contributed by atoms with Crippen LogP contribution in [0.25, 0.3) is 16.7 Å². The SMILES string of the molecule is Cc1nn(-c2ccc(F)cc2)c2ncc(C(=O)NCc3ccccc3Cl)c(Cl)c12. The summed E-state index contributed by atoms with van der Waals surface area (Å²) in [5.41, 5.74) is 2.79. The van der Waals surface area contributed by atoms with Crippen LogP contribution in [0, 0.1) is 12.7 Å². The number of amides is 1. The zero-order valence-corrected chi connectivity index (χ0v) is 16.8. The number of carbonyl (C=O) groups is 1. The molecule has 1 amide bonds. The van der Waals surface area contributed by atoms with Crippen LogP contribution in [0.15, 0.2) is 54.7 Å². The van der Waals surface area contributed by atoms with E-state index in [4.69, 9.17) is 23.2 Å². The molecule has 2 heterocycles. The Morgan fingerprint density at radius 2 is 1.86 bits per heavy atom. The quantitative estimate of drug-likeness (QED) is 0.491. The second-order valence-corrected chi connectivity index (χ2v) is 7.22. The average Bonchev–Trinajstić information content (AvgIpc) is 3.05. The minimum absolute atomic E-state index is 0.243. The Kier molecular flexibility index (Phi) is 5.22. The van der Waals surface area contributed by atoms with Gasteiger partial charge in [0.25, 0.3) is 5.91 Å². The lowest BCUT2D eigenvalue weighted by Gasteiger charge is -2.09. The van der Waals surface area contributed by atoms with Crippen molar-refractivity contribution in [3.63, 3.8) is 0 Å². The molecule has 0 aliphatic rings. The van der Waals surface area contributed by atoms with Gasteiger partial charge in [0.05, 0.1) is 27.4 Å². The highest BCUT2D eigenvalue weighted by molar-refractivity contribution is 6.38. The lowest BCUT2D eigenvalue weighted by atomic mass is 10.1. The smallest absolute Gasteiger partial charge is 0.254 e. The van der Waals surface area contributed by atoms with Crippen molar-refractivity contribution in [2.24, 2.45) is 0 Å². The summed E-state index contributed by atoms with van der Waals surface area (Å²) < 4.78 is 14.8. The van der Waals surface area contributed by atoms with Crippen molar-refractivity contribution >= 4 is 40.1 Å². The third-order valence-electron chi connectivity index (χ3n) is 4.52. The lowest BCUT2D eigenvalue weighted by molar-refractivity contribution is 0.0951. The molecule has 5 nitrogen and oxygen atoms in total. The van der Waals surface area contributed by atoms with Gasteiger partial charge in [-0.25, -0.2) is 14.1 Å². The summed E-state index contributed by atoms with van der Waals surface area (Å²) in [6, 6.07) is 13.2. The number of carbonyl (C=O) groups excluding carboxylic acids is 1. The molecule has 0 bridgehead atoms. The molecule has 0 atom stereocenters. The Bertz CT molecular complexity index is 1220. The van der Waals surface area contributed by atoms with Gasteiger partial charge in [0.2, 0.25) is 0 Å². The van der Waals surface area contributed by atoms with E-state index >= 15 is 0 Å². The largest absolute Gasteiger partial charge is 0.348 e. The van der Waals surface area contributed by atoms with E-state index in [0.717, 1.165) is 5.56 Å². The predicted octanol–water partition coefficient (Wildman–Crippen LogP) is 5.10. The third kappa shape index (κ3) is 3.69. The van der Waals surface area contributed by atoms with Gasteiger partial charge >= 0.3 is 0 Å². The molecule has 0 saturated heterocycles. The molecular weight excluding hydrogens is 414 g/mol. The van der Waals surface area contributed by atoms with E-state index in [0.29, 0.717) is 27.4 Å². The number of aryl methyl sites for hydroxylation is 1. The summed E-state index contributed by atoms with van der Waals surface area (Å²) in [7, 11) is 0. The average molecular weight is 429 g/mol. The standard InChI is InChI=1S/C21H15Cl2FN4O/c1-12-18-19(23)16(21(29)26-10-13-4-2-3-5-17(13)22)11-25-20(18)28(27-12)15-8-6-14(24)7-9-15/h2-9,11H,10H2,1H3,(H,26,29). The number of hydrogen-bond donors (Lipinski definition) is 1. The number of halogens is 3. The van der Waals surface area contributed by atoms with Crippen LogP contribution >= 0.6 is 23.2 Å². The maximum absolute atomic E-state index is 13.2. The van der Waals surface area contributed by atoms with Gasteiger partial charge in [0.15, 0.2) is 5.65 Å². The molecule has 4 rings (SSSR count). The predicted molar refractivity (Wildman–Crippen MR) is 111 cm³/mol. The van der Waals surface area contributed by atoms with E-state index in [2.05, 4.69) is 15.4 Å². The Morgan fingerprint density at radius 3 is 2.59 bits per heavy atom. The van der Waals surface area contributed by atoms with E-state index in [1.165, 1.54) is 18.3 Å². The minimum atomic E-state index is -0.363. The van der Waals surface area contributed by atoms with Crippen LogP contribution in [0.1, 0.15) is 21.6 Å². The van der Waals surface area contributed by atoms with Crippen LogP contribution in [0.2, 0.25) is 10.0 Å². The number of nitrogens with zero attached hydrogens (tertiary/aromatic N) is 3. The number of fused-ring (bicyclic) bond motifs is 1. The molecule has 8 heteroatoms. The first-order chi connectivity index (χ1) is 14.0. The van der Waals surface area contributed by atoms with Crippen LogP contribution < -0.4 is 5.32 Å². The lowest BCUT2D eigenvalue weighted by Crippen LogP contribution is -2.23. The zero-order chi connectivity index (χ0) is 20.5. The molecule has 0 radical (unpaired) electrons. The van der Waals surface area contributed by atoms with Crippen molar-refractivity contribution in [3.8, 4) is 5.69 Å². The van der Waals surface area contributed by atoms with E-state index in [-0.39, 0.29) is 28.9 Å². The van der Waals surface area contributed by atoms with Crippen molar-refractivity contribution in [2.45, 2.75) is 13.5 Å². The first kappa shape index (κ1) is 19.4. The van der Waals surface area contributed by atoms with E-state index < -0.39 is 0 Å². The summed E-state index contributed by atoms with van der Waals surface area (Å²) >= 11 is 12.7. The molecule has 146 valence electrons. The first-order valence-corrected chi connectivity index (χ1v) is 9.52. The summed E-state index contributed by atoms with van der Waals surface area (Å²) in [4.78, 5) is 17.1. The fourth-order valence-electron chi connectivity index (χ4n) is 3.04. The molecule has 0 saturated carbocycles. The zero-order valence-electron chi connectivity index (χ0n) is 15.3. The highest BCUT2D eigenvalue weighted by atomic mass is 35.5. The van der Waals surface area contributed by atoms with Crippen molar-refractivity contribution in [2.75, 3.05) is 0 Å². The van der Waals surface area contributed by atoms with Gasteiger partial charge in [-0.1, -0.05) is 41.4 Å². The second-order valence-electron chi connectivity index (χ2n) is 6.43. The van der Waals surface area contributed by atoms with Gasteiger partial charge in [-0.05, 0) is 42.8 Å². The molecule has 0 spiro atoms. The topological polar surface area (TPSA) is 59.8 Å². The molecule has 0 fully saturated rings. The Labute approximate surface area is 176 Å². The molecule has 0 unspecified atom stereocenters. The van der Waals surface area contributed by atoms with Crippen LogP contribution in [0.4, 0.5) is 4.39 Å². The fraction of sp³-hybridized carbons (Fsp3) is 0.0952. The maximum Gasteiger partial charge on any atom is 0.254 e. The van der Waals surface area contributed by atoms with Crippen LogP contribution in [0.3, 0.4) is 0 Å². The van der Waals surface area contributed by atoms with E-state index in [1.54, 1.807) is 29.8 Å². The first-order valence-electron chi connectivity index (χ1n) is 8.77. The van der Waals surface area contributed by atoms with Crippen molar-refractivity contribution in [1.82, 2.24) is 20.1 Å². The third-order valence-corrected chi connectivity index (χ3v) is 5.28. The Balaban J connectivity index is 1.67. The number of nitrogens with one attached hydrogen (secondary N) is 1. The van der Waals surface area contributed by atoms with Crippen LogP contribution in [-0.2, 0) is 6.54 Å². The Morgan fingerprint density at radius 1 is 1.14 bits per heavy atom. The fourth-order valence-corrected chi connectivity index (χ4v) is 3.60. The molecule has 1 N–H and O–H groups in total. The summed E-state index contributed by atoms with van der Waals surface area (Å²) in [5.74, 6) is -0.705. The Hall–Kier alpha value is -2.96. The van der Waals surface area contributed by atoms with Gasteiger partial charge < -0.3 is 5.32 Å². The van der Waals surface area contributed by atoms with Gasteiger partial charge in [0, 0.05) is 17.8 Å². The van der Waals surface area contributed by atoms with E-state index in [9.17, 15) is 9.18 Å². The van der Waals surface area contributed by atoms with Crippen molar-refractivity contribution in [1.29, 1.82) is 0 Å². The number of aromatic nitrogens is 3. The summed E-state index contributed by atoms with van der Waals surface area (Å²) in [6.07, 6.45) is 1.41. The molecule has 0 aliphatic carbocycles. The van der Waals surface area contributed by atoms with Crippen LogP contribution in [-0.4, -0.2) is 20.7 Å². The molecular formula is C21H15Cl2FN4O. The molecule has 0 aliphatic heterocycles. The van der Waals surface area contributed by atoms with E-state index in [1.807, 2.05) is 18.2 Å². The minimum Gasteiger partial charge on any atom is -0.348 e. The highest BCUT2D eigenvalue weighted by Gasteiger charge is 2.20. The number of benzene rings is 2. The number of hydrogen-bond acceptors (Lipinski definition) is 3. The van der Waals surface area contributed by atoms with Gasteiger partial charge in [-0.15, -0.1) is 0 Å². The van der Waals surface area contributed by atoms with Crippen molar-refractivity contribution < 1.29 is 9.18 Å². The monoisotopic (exact) mass is 428 g/mol. The van der Waals surface area contributed by atoms with Gasteiger partial charge in [-0.2, -0.15) is 5.10 Å². The summed E-state index contributed by atoms with van der Waals surface area (Å²) in [6.45, 7) is 2.04. The second kappa shape index (κ2) is 7.81. The molecule has 4 aromatic rings. The normalized spacial score (nSPS) is 11.0. The highest BCUT2D eigenvalue weighted by Crippen LogP contribution is 2.30. The number of rotatable bonds is 4. The van der Waals surface area contributed by atoms with Crippen LogP contribution in [0.5, 0.6) is 0 Å². The maximum atomic E-state index is 13.2. The molecule has 2 aromatic heterocycles.